The molecule has 0 aromatic carbocycles. The van der Waals surface area contributed by atoms with E-state index in [9.17, 15) is 0 Å². The predicted molar refractivity (Wildman–Crippen MR) is 62.7 cm³/mol. The van der Waals surface area contributed by atoms with Crippen molar-refractivity contribution in [3.05, 3.63) is 18.2 Å². The number of imidazole rings is 1. The number of rotatable bonds is 1. The SMILES string of the molecule is CC.CC(C)n1cnc(C(C)(C)C)c1. The fourth-order valence-corrected chi connectivity index (χ4v) is 1.01. The third-order valence-electron chi connectivity index (χ3n) is 1.97. The number of aromatic nitrogens is 2. The van der Waals surface area contributed by atoms with Gasteiger partial charge in [0.1, 0.15) is 0 Å². The lowest BCUT2D eigenvalue weighted by molar-refractivity contribution is 0.564. The van der Waals surface area contributed by atoms with Gasteiger partial charge in [0.15, 0.2) is 0 Å². The van der Waals surface area contributed by atoms with Gasteiger partial charge in [-0.3, -0.25) is 0 Å². The molecule has 0 aliphatic rings. The highest BCUT2D eigenvalue weighted by Gasteiger charge is 2.16. The molecule has 0 atom stereocenters. The van der Waals surface area contributed by atoms with E-state index in [1.165, 1.54) is 0 Å². The van der Waals surface area contributed by atoms with Crippen LogP contribution in [0.4, 0.5) is 0 Å². The summed E-state index contributed by atoms with van der Waals surface area (Å²) in [6, 6.07) is 0.508. The Bertz CT molecular complexity index is 254. The summed E-state index contributed by atoms with van der Waals surface area (Å²) in [7, 11) is 0. The first-order valence-corrected chi connectivity index (χ1v) is 5.45. The third-order valence-corrected chi connectivity index (χ3v) is 1.97. The topological polar surface area (TPSA) is 17.8 Å². The van der Waals surface area contributed by atoms with E-state index in [1.807, 2.05) is 20.2 Å². The monoisotopic (exact) mass is 196 g/mol. The number of nitrogens with zero attached hydrogens (tertiary/aromatic N) is 2. The summed E-state index contributed by atoms with van der Waals surface area (Å²) in [5.41, 5.74) is 1.33. The van der Waals surface area contributed by atoms with E-state index < -0.39 is 0 Å². The Morgan fingerprint density at radius 2 is 1.71 bits per heavy atom. The van der Waals surface area contributed by atoms with Gasteiger partial charge >= 0.3 is 0 Å². The molecule has 14 heavy (non-hydrogen) atoms. The zero-order valence-corrected chi connectivity index (χ0v) is 10.6. The molecule has 0 spiro atoms. The lowest BCUT2D eigenvalue weighted by Gasteiger charge is -2.14. The average Bonchev–Trinajstić information content (AvgIpc) is 2.54. The highest BCUT2D eigenvalue weighted by Crippen LogP contribution is 2.20. The van der Waals surface area contributed by atoms with E-state index >= 15 is 0 Å². The van der Waals surface area contributed by atoms with Crippen LogP contribution < -0.4 is 0 Å². The molecule has 82 valence electrons. The summed E-state index contributed by atoms with van der Waals surface area (Å²) in [5, 5.41) is 0. The Kier molecular flexibility index (Phi) is 4.89. The largest absolute Gasteiger partial charge is 0.335 e. The second-order valence-corrected chi connectivity index (χ2v) is 4.55. The smallest absolute Gasteiger partial charge is 0.0952 e. The van der Waals surface area contributed by atoms with E-state index in [4.69, 9.17) is 0 Å². The van der Waals surface area contributed by atoms with Gasteiger partial charge in [-0.25, -0.2) is 4.98 Å². The fraction of sp³-hybridized carbons (Fsp3) is 0.750. The quantitative estimate of drug-likeness (QED) is 0.668. The maximum Gasteiger partial charge on any atom is 0.0952 e. The Balaban J connectivity index is 0.000000791. The van der Waals surface area contributed by atoms with Crippen LogP contribution in [0.3, 0.4) is 0 Å². The Morgan fingerprint density at radius 1 is 1.21 bits per heavy atom. The van der Waals surface area contributed by atoms with Gasteiger partial charge in [-0.15, -0.1) is 0 Å². The van der Waals surface area contributed by atoms with Crippen molar-refractivity contribution in [2.75, 3.05) is 0 Å². The van der Waals surface area contributed by atoms with Gasteiger partial charge in [0.05, 0.1) is 12.0 Å². The minimum atomic E-state index is 0.167. The van der Waals surface area contributed by atoms with Gasteiger partial charge in [0.25, 0.3) is 0 Å². The van der Waals surface area contributed by atoms with E-state index in [2.05, 4.69) is 50.4 Å². The maximum atomic E-state index is 4.37. The second kappa shape index (κ2) is 5.18. The molecule has 1 heterocycles. The standard InChI is InChI=1S/C10H18N2.C2H6/c1-8(2)12-6-9(11-7-12)10(3,4)5;1-2/h6-8H,1-5H3;1-2H3. The van der Waals surface area contributed by atoms with E-state index in [0.717, 1.165) is 5.69 Å². The van der Waals surface area contributed by atoms with E-state index in [0.29, 0.717) is 6.04 Å². The highest BCUT2D eigenvalue weighted by molar-refractivity contribution is 5.09. The molecule has 1 rings (SSSR count). The second-order valence-electron chi connectivity index (χ2n) is 4.55. The first-order chi connectivity index (χ1) is 6.41. The van der Waals surface area contributed by atoms with Crippen molar-refractivity contribution >= 4 is 0 Å². The first-order valence-electron chi connectivity index (χ1n) is 5.45. The summed E-state index contributed by atoms with van der Waals surface area (Å²) in [4.78, 5) is 4.37. The summed E-state index contributed by atoms with van der Waals surface area (Å²) in [6.07, 6.45) is 4.04. The van der Waals surface area contributed by atoms with Gasteiger partial charge in [-0.05, 0) is 13.8 Å². The van der Waals surface area contributed by atoms with Crippen LogP contribution in [0.1, 0.15) is 60.2 Å². The summed E-state index contributed by atoms with van der Waals surface area (Å²) >= 11 is 0. The van der Waals surface area contributed by atoms with Crippen molar-refractivity contribution in [3.63, 3.8) is 0 Å². The zero-order valence-electron chi connectivity index (χ0n) is 10.6. The highest BCUT2D eigenvalue weighted by atomic mass is 15.1. The molecule has 0 aliphatic carbocycles. The van der Waals surface area contributed by atoms with Crippen LogP contribution in [0.25, 0.3) is 0 Å². The molecule has 1 aromatic rings. The Labute approximate surface area is 88.4 Å². The van der Waals surface area contributed by atoms with Crippen molar-refractivity contribution in [1.82, 2.24) is 9.55 Å². The van der Waals surface area contributed by atoms with Crippen LogP contribution in [0.15, 0.2) is 12.5 Å². The molecule has 1 aromatic heterocycles. The molecule has 0 unspecified atom stereocenters. The van der Waals surface area contributed by atoms with Crippen LogP contribution in [0.5, 0.6) is 0 Å². The van der Waals surface area contributed by atoms with Gasteiger partial charge in [0, 0.05) is 17.7 Å². The average molecular weight is 196 g/mol. The van der Waals surface area contributed by atoms with Gasteiger partial charge in [-0.2, -0.15) is 0 Å². The molecular formula is C12H24N2. The lowest BCUT2D eigenvalue weighted by Crippen LogP contribution is -2.11. The van der Waals surface area contributed by atoms with Crippen molar-refractivity contribution < 1.29 is 0 Å². The van der Waals surface area contributed by atoms with Crippen LogP contribution >= 0.6 is 0 Å². The van der Waals surface area contributed by atoms with Crippen LogP contribution in [-0.2, 0) is 5.41 Å². The molecule has 0 aliphatic heterocycles. The molecule has 2 nitrogen and oxygen atoms in total. The number of hydrogen-bond acceptors (Lipinski definition) is 1. The summed E-state index contributed by atoms with van der Waals surface area (Å²) in [6.45, 7) is 14.9. The normalized spacial score (nSPS) is 11.1. The van der Waals surface area contributed by atoms with Gasteiger partial charge in [-0.1, -0.05) is 34.6 Å². The molecule has 2 heteroatoms. The fourth-order valence-electron chi connectivity index (χ4n) is 1.01. The van der Waals surface area contributed by atoms with Crippen molar-refractivity contribution in [2.24, 2.45) is 0 Å². The molecule has 0 radical (unpaired) electrons. The van der Waals surface area contributed by atoms with E-state index in [-0.39, 0.29) is 5.41 Å². The van der Waals surface area contributed by atoms with Crippen molar-refractivity contribution in [1.29, 1.82) is 0 Å². The molecule has 0 saturated carbocycles. The first kappa shape index (κ1) is 13.2. The minimum Gasteiger partial charge on any atom is -0.335 e. The minimum absolute atomic E-state index is 0.167. The van der Waals surface area contributed by atoms with Gasteiger partial charge < -0.3 is 4.57 Å². The Morgan fingerprint density at radius 3 is 1.93 bits per heavy atom. The zero-order chi connectivity index (χ0) is 11.4. The summed E-state index contributed by atoms with van der Waals surface area (Å²) < 4.78 is 2.14. The van der Waals surface area contributed by atoms with E-state index in [1.54, 1.807) is 0 Å². The number of hydrogen-bond donors (Lipinski definition) is 0. The molecule has 0 N–H and O–H groups in total. The van der Waals surface area contributed by atoms with Crippen LogP contribution in [0, 0.1) is 0 Å². The molecule has 0 fully saturated rings. The molecular weight excluding hydrogens is 172 g/mol. The Hall–Kier alpha value is -0.790. The molecule has 0 bridgehead atoms. The summed E-state index contributed by atoms with van der Waals surface area (Å²) in [5.74, 6) is 0. The predicted octanol–water partition coefficient (Wildman–Crippen LogP) is 3.79. The van der Waals surface area contributed by atoms with Crippen molar-refractivity contribution in [3.8, 4) is 0 Å². The lowest BCUT2D eigenvalue weighted by atomic mass is 9.93. The van der Waals surface area contributed by atoms with Crippen molar-refractivity contribution in [2.45, 2.75) is 59.9 Å². The van der Waals surface area contributed by atoms with Crippen LogP contribution in [-0.4, -0.2) is 9.55 Å². The molecule has 0 saturated heterocycles. The van der Waals surface area contributed by atoms with Gasteiger partial charge in [0.2, 0.25) is 0 Å². The molecule has 0 amide bonds. The van der Waals surface area contributed by atoms with Crippen LogP contribution in [0.2, 0.25) is 0 Å². The third kappa shape index (κ3) is 3.52. The maximum absolute atomic E-state index is 4.37.